The molecule has 0 aromatic heterocycles. The highest BCUT2D eigenvalue weighted by atomic mass is 35.5. The number of nitrogens with one attached hydrogen (secondary N) is 1. The summed E-state index contributed by atoms with van der Waals surface area (Å²) < 4.78 is 5.59. The predicted molar refractivity (Wildman–Crippen MR) is 103 cm³/mol. The zero-order valence-electron chi connectivity index (χ0n) is 15.2. The molecule has 0 saturated carbocycles. The van der Waals surface area contributed by atoms with Gasteiger partial charge in [0.25, 0.3) is 0 Å². The summed E-state index contributed by atoms with van der Waals surface area (Å²) in [6.07, 6.45) is 0.891. The fraction of sp³-hybridized carbons (Fsp3) is 0.556. The maximum Gasteiger partial charge on any atom is 0.316 e. The third-order valence-corrected chi connectivity index (χ3v) is 5.01. The second-order valence-electron chi connectivity index (χ2n) is 6.40. The molecule has 8 heteroatoms. The molecule has 0 spiro atoms. The molecule has 2 N–H and O–H groups in total. The van der Waals surface area contributed by atoms with Gasteiger partial charge in [-0.15, -0.1) is 12.4 Å². The van der Waals surface area contributed by atoms with E-state index < -0.39 is 11.9 Å². The summed E-state index contributed by atoms with van der Waals surface area (Å²) in [5, 5.41) is 12.7. The van der Waals surface area contributed by atoms with Gasteiger partial charge in [0.2, 0.25) is 5.91 Å². The van der Waals surface area contributed by atoms with Gasteiger partial charge in [0, 0.05) is 38.8 Å². The van der Waals surface area contributed by atoms with Crippen molar-refractivity contribution in [1.29, 1.82) is 0 Å². The van der Waals surface area contributed by atoms with Gasteiger partial charge in [0.1, 0.15) is 11.7 Å². The maximum absolute atomic E-state index is 12.7. The minimum absolute atomic E-state index is 0. The summed E-state index contributed by atoms with van der Waals surface area (Å²) in [4.78, 5) is 28.0. The second kappa shape index (κ2) is 8.60. The van der Waals surface area contributed by atoms with E-state index in [1.807, 2.05) is 13.0 Å². The van der Waals surface area contributed by atoms with Crippen molar-refractivity contribution >= 4 is 35.7 Å². The van der Waals surface area contributed by atoms with Crippen molar-refractivity contribution in [2.45, 2.75) is 19.8 Å². The van der Waals surface area contributed by atoms with E-state index in [1.54, 1.807) is 12.0 Å². The maximum atomic E-state index is 12.7. The van der Waals surface area contributed by atoms with Gasteiger partial charge < -0.3 is 25.0 Å². The van der Waals surface area contributed by atoms with Crippen LogP contribution in [-0.4, -0.2) is 56.8 Å². The molecule has 1 fully saturated rings. The number of ether oxygens (including phenoxy) is 1. The first-order valence-corrected chi connectivity index (χ1v) is 8.77. The normalized spacial score (nSPS) is 20.1. The van der Waals surface area contributed by atoms with E-state index in [0.29, 0.717) is 19.4 Å². The van der Waals surface area contributed by atoms with Gasteiger partial charge in [-0.05, 0) is 31.4 Å². The molecule has 26 heavy (non-hydrogen) atoms. The molecule has 1 atom stereocenters. The van der Waals surface area contributed by atoms with Crippen LogP contribution in [-0.2, 0) is 16.0 Å². The highest BCUT2D eigenvalue weighted by molar-refractivity contribution is 6.07. The molecule has 2 heterocycles. The van der Waals surface area contributed by atoms with Crippen molar-refractivity contribution < 1.29 is 19.4 Å². The van der Waals surface area contributed by atoms with Crippen LogP contribution < -0.4 is 19.9 Å². The molecule has 7 nitrogen and oxygen atoms in total. The van der Waals surface area contributed by atoms with E-state index in [-0.39, 0.29) is 18.3 Å². The molecule has 0 bridgehead atoms. The lowest BCUT2D eigenvalue weighted by Crippen LogP contribution is -2.43. The quantitative estimate of drug-likeness (QED) is 0.767. The Hall–Kier alpha value is -1.99. The van der Waals surface area contributed by atoms with E-state index in [9.17, 15) is 14.7 Å². The summed E-state index contributed by atoms with van der Waals surface area (Å²) in [7, 11) is 1.63. The number of nitrogens with zero attached hydrogens (tertiary/aromatic N) is 2. The highest BCUT2D eigenvalue weighted by Crippen LogP contribution is 2.39. The Balaban J connectivity index is 0.00000243. The molecular weight excluding hydrogens is 358 g/mol. The lowest BCUT2D eigenvalue weighted by molar-refractivity contribution is -0.146. The molecule has 1 unspecified atom stereocenters. The number of carboxylic acids is 1. The van der Waals surface area contributed by atoms with Crippen LogP contribution in [0.15, 0.2) is 12.1 Å². The van der Waals surface area contributed by atoms with Gasteiger partial charge in [-0.1, -0.05) is 0 Å². The average molecular weight is 384 g/mol. The lowest BCUT2D eigenvalue weighted by Gasteiger charge is -2.32. The summed E-state index contributed by atoms with van der Waals surface area (Å²) in [5.74, 6) is -1.65. The number of fused-ring (bicyclic) bond motifs is 1. The van der Waals surface area contributed by atoms with E-state index in [1.165, 1.54) is 0 Å². The number of carbonyl (C=O) groups excluding carboxylic acids is 1. The van der Waals surface area contributed by atoms with Crippen molar-refractivity contribution in [2.24, 2.45) is 5.92 Å². The van der Waals surface area contributed by atoms with E-state index in [2.05, 4.69) is 16.3 Å². The van der Waals surface area contributed by atoms with Gasteiger partial charge in [-0.3, -0.25) is 9.59 Å². The number of aryl methyl sites for hydroxylation is 1. The van der Waals surface area contributed by atoms with Crippen LogP contribution in [0.5, 0.6) is 5.75 Å². The van der Waals surface area contributed by atoms with Gasteiger partial charge in [0.05, 0.1) is 18.5 Å². The number of aliphatic carboxylic acids is 1. The number of halogens is 1. The Kier molecular flexibility index (Phi) is 6.72. The summed E-state index contributed by atoms with van der Waals surface area (Å²) >= 11 is 0. The van der Waals surface area contributed by atoms with Gasteiger partial charge in [0.15, 0.2) is 0 Å². The molecule has 1 aromatic carbocycles. The third-order valence-electron chi connectivity index (χ3n) is 5.01. The lowest BCUT2D eigenvalue weighted by atomic mass is 10.00. The Bertz CT molecular complexity index is 677. The van der Waals surface area contributed by atoms with Crippen molar-refractivity contribution in [2.75, 3.05) is 49.6 Å². The molecule has 2 aliphatic rings. The standard InChI is InChI=1S/C18H25N3O4.ClH/c1-3-21-14-11-16(25-2)15(20-8-6-19-7-9-20)10-12(14)4-5-13(17(21)22)18(23)24;/h10-11,13,19H,3-9H2,1-2H3,(H,23,24);1H. The van der Waals surface area contributed by atoms with Crippen LogP contribution in [0.1, 0.15) is 18.9 Å². The number of carbonyl (C=O) groups is 2. The topological polar surface area (TPSA) is 82.1 Å². The molecule has 2 aliphatic heterocycles. The molecule has 0 radical (unpaired) electrons. The predicted octanol–water partition coefficient (Wildman–Crippen LogP) is 1.53. The largest absolute Gasteiger partial charge is 0.495 e. The van der Waals surface area contributed by atoms with E-state index in [4.69, 9.17) is 4.74 Å². The molecular formula is C18H26ClN3O4. The number of anilines is 2. The zero-order chi connectivity index (χ0) is 18.0. The fourth-order valence-electron chi connectivity index (χ4n) is 3.65. The van der Waals surface area contributed by atoms with Crippen molar-refractivity contribution in [1.82, 2.24) is 5.32 Å². The second-order valence-corrected chi connectivity index (χ2v) is 6.40. The Morgan fingerprint density at radius 3 is 2.58 bits per heavy atom. The first-order chi connectivity index (χ1) is 12.1. The van der Waals surface area contributed by atoms with Crippen LogP contribution >= 0.6 is 12.4 Å². The number of methoxy groups -OCH3 is 1. The van der Waals surface area contributed by atoms with Gasteiger partial charge in [-0.25, -0.2) is 0 Å². The first-order valence-electron chi connectivity index (χ1n) is 8.77. The molecule has 0 aliphatic carbocycles. The van der Waals surface area contributed by atoms with Crippen LogP contribution in [0, 0.1) is 5.92 Å². The van der Waals surface area contributed by atoms with Crippen molar-refractivity contribution in [3.05, 3.63) is 17.7 Å². The average Bonchev–Trinajstić information content (AvgIpc) is 2.76. The SMILES string of the molecule is CCN1C(=O)C(C(=O)O)CCc2cc(N3CCNCC3)c(OC)cc21.Cl. The summed E-state index contributed by atoms with van der Waals surface area (Å²) in [5.41, 5.74) is 2.79. The molecule has 1 saturated heterocycles. The Labute approximate surface area is 159 Å². The van der Waals surface area contributed by atoms with E-state index >= 15 is 0 Å². The number of piperazine rings is 1. The number of benzene rings is 1. The monoisotopic (exact) mass is 383 g/mol. The van der Waals surface area contributed by atoms with Gasteiger partial charge in [-0.2, -0.15) is 0 Å². The number of hydrogen-bond acceptors (Lipinski definition) is 5. The minimum Gasteiger partial charge on any atom is -0.495 e. The van der Waals surface area contributed by atoms with Crippen LogP contribution in [0.3, 0.4) is 0 Å². The van der Waals surface area contributed by atoms with E-state index in [0.717, 1.165) is 48.9 Å². The highest BCUT2D eigenvalue weighted by Gasteiger charge is 2.35. The first kappa shape index (κ1) is 20.3. The molecule has 1 aromatic rings. The van der Waals surface area contributed by atoms with Gasteiger partial charge >= 0.3 is 5.97 Å². The minimum atomic E-state index is -1.05. The fourth-order valence-corrected chi connectivity index (χ4v) is 3.65. The molecule has 3 rings (SSSR count). The Morgan fingerprint density at radius 2 is 2.00 bits per heavy atom. The van der Waals surface area contributed by atoms with Crippen LogP contribution in [0.4, 0.5) is 11.4 Å². The molecule has 144 valence electrons. The third kappa shape index (κ3) is 3.73. The number of hydrogen-bond donors (Lipinski definition) is 2. The van der Waals surface area contributed by atoms with Crippen molar-refractivity contribution in [3.8, 4) is 5.75 Å². The smallest absolute Gasteiger partial charge is 0.316 e. The van der Waals surface area contributed by atoms with Crippen molar-refractivity contribution in [3.63, 3.8) is 0 Å². The Morgan fingerprint density at radius 1 is 1.31 bits per heavy atom. The zero-order valence-corrected chi connectivity index (χ0v) is 16.0. The number of amides is 1. The van der Waals surface area contributed by atoms with Crippen LogP contribution in [0.2, 0.25) is 0 Å². The molecule has 1 amide bonds. The number of rotatable bonds is 4. The number of carboxylic acid groups (broad SMARTS) is 1. The van der Waals surface area contributed by atoms with Crippen LogP contribution in [0.25, 0.3) is 0 Å². The summed E-state index contributed by atoms with van der Waals surface area (Å²) in [6, 6.07) is 3.96. The summed E-state index contributed by atoms with van der Waals surface area (Å²) in [6.45, 7) is 5.92.